The molecule has 1 aromatic carbocycles. The Hall–Kier alpha value is -1.12. The number of halogens is 2. The van der Waals surface area contributed by atoms with Crippen LogP contribution in [-0.2, 0) is 0 Å². The van der Waals surface area contributed by atoms with E-state index in [4.69, 9.17) is 0 Å². The van der Waals surface area contributed by atoms with Crippen molar-refractivity contribution in [1.29, 1.82) is 0 Å². The summed E-state index contributed by atoms with van der Waals surface area (Å²) in [6, 6.07) is 2.59. The Morgan fingerprint density at radius 1 is 1.25 bits per heavy atom. The molecule has 0 aliphatic rings. The van der Waals surface area contributed by atoms with Crippen LogP contribution in [0.5, 0.6) is 0 Å². The van der Waals surface area contributed by atoms with Crippen LogP contribution in [0.3, 0.4) is 0 Å². The Kier molecular flexibility index (Phi) is 2.63. The molecule has 0 fully saturated rings. The van der Waals surface area contributed by atoms with Crippen LogP contribution in [-0.4, -0.2) is 6.54 Å². The molecule has 0 aliphatic carbocycles. The van der Waals surface area contributed by atoms with E-state index >= 15 is 0 Å². The number of benzene rings is 1. The van der Waals surface area contributed by atoms with Crippen molar-refractivity contribution >= 4 is 5.69 Å². The van der Waals surface area contributed by atoms with E-state index in [2.05, 4.69) is 5.32 Å². The van der Waals surface area contributed by atoms with Crippen molar-refractivity contribution in [3.63, 3.8) is 0 Å². The summed E-state index contributed by atoms with van der Waals surface area (Å²) in [5.74, 6) is -1.02. The summed E-state index contributed by atoms with van der Waals surface area (Å²) >= 11 is 0. The molecule has 0 saturated carbocycles. The lowest BCUT2D eigenvalue weighted by atomic mass is 10.2. The van der Waals surface area contributed by atoms with E-state index in [1.54, 1.807) is 0 Å². The SMILES string of the molecule is CCNc1cc(F)c(C)c(F)c1. The average Bonchev–Trinajstić information content (AvgIpc) is 2.01. The van der Waals surface area contributed by atoms with Gasteiger partial charge in [0.2, 0.25) is 0 Å². The molecular weight excluding hydrogens is 160 g/mol. The summed E-state index contributed by atoms with van der Waals surface area (Å²) in [5, 5.41) is 2.84. The fourth-order valence-corrected chi connectivity index (χ4v) is 0.951. The highest BCUT2D eigenvalue weighted by molar-refractivity contribution is 5.45. The molecule has 0 radical (unpaired) electrons. The first-order valence-corrected chi connectivity index (χ1v) is 3.84. The predicted octanol–water partition coefficient (Wildman–Crippen LogP) is 2.71. The van der Waals surface area contributed by atoms with Gasteiger partial charge in [0.05, 0.1) is 0 Å². The van der Waals surface area contributed by atoms with Crippen LogP contribution < -0.4 is 5.32 Å². The first-order valence-electron chi connectivity index (χ1n) is 3.84. The molecule has 0 saturated heterocycles. The molecule has 1 nitrogen and oxygen atoms in total. The molecule has 1 rings (SSSR count). The number of anilines is 1. The Bertz CT molecular complexity index is 261. The van der Waals surface area contributed by atoms with Crippen molar-refractivity contribution in [3.8, 4) is 0 Å². The van der Waals surface area contributed by atoms with Crippen LogP contribution >= 0.6 is 0 Å². The molecule has 0 heterocycles. The molecule has 12 heavy (non-hydrogen) atoms. The van der Waals surface area contributed by atoms with Gasteiger partial charge in [-0.05, 0) is 26.0 Å². The van der Waals surface area contributed by atoms with Gasteiger partial charge >= 0.3 is 0 Å². The van der Waals surface area contributed by atoms with Gasteiger partial charge in [-0.25, -0.2) is 8.78 Å². The highest BCUT2D eigenvalue weighted by atomic mass is 19.1. The molecule has 0 aliphatic heterocycles. The van der Waals surface area contributed by atoms with Crippen LogP contribution in [0.15, 0.2) is 12.1 Å². The minimum absolute atomic E-state index is 0.0663. The largest absolute Gasteiger partial charge is 0.385 e. The van der Waals surface area contributed by atoms with Crippen molar-refractivity contribution in [1.82, 2.24) is 0 Å². The lowest BCUT2D eigenvalue weighted by molar-refractivity contribution is 0.569. The third-order valence-corrected chi connectivity index (χ3v) is 1.66. The van der Waals surface area contributed by atoms with E-state index in [1.807, 2.05) is 6.92 Å². The van der Waals surface area contributed by atoms with Crippen LogP contribution in [0.4, 0.5) is 14.5 Å². The lowest BCUT2D eigenvalue weighted by Crippen LogP contribution is -1.99. The molecule has 0 spiro atoms. The lowest BCUT2D eigenvalue weighted by Gasteiger charge is -2.05. The first kappa shape index (κ1) is 8.97. The van der Waals surface area contributed by atoms with Crippen molar-refractivity contribution in [2.24, 2.45) is 0 Å². The first-order chi connectivity index (χ1) is 5.65. The van der Waals surface area contributed by atoms with Crippen LogP contribution in [0, 0.1) is 18.6 Å². The summed E-state index contributed by atoms with van der Waals surface area (Å²) in [5.41, 5.74) is 0.551. The second-order valence-corrected chi connectivity index (χ2v) is 2.60. The zero-order valence-corrected chi connectivity index (χ0v) is 7.12. The van der Waals surface area contributed by atoms with Gasteiger partial charge in [0.15, 0.2) is 0 Å². The van der Waals surface area contributed by atoms with E-state index in [9.17, 15) is 8.78 Å². The smallest absolute Gasteiger partial charge is 0.131 e. The fourth-order valence-electron chi connectivity index (χ4n) is 0.951. The monoisotopic (exact) mass is 171 g/mol. The van der Waals surface area contributed by atoms with E-state index in [1.165, 1.54) is 19.1 Å². The third kappa shape index (κ3) is 1.72. The third-order valence-electron chi connectivity index (χ3n) is 1.66. The van der Waals surface area contributed by atoms with Gasteiger partial charge in [-0.2, -0.15) is 0 Å². The van der Waals surface area contributed by atoms with Gasteiger partial charge in [0.25, 0.3) is 0 Å². The minimum atomic E-state index is -0.508. The molecule has 3 heteroatoms. The zero-order valence-electron chi connectivity index (χ0n) is 7.12. The van der Waals surface area contributed by atoms with Gasteiger partial charge in [-0.1, -0.05) is 0 Å². The molecule has 0 aromatic heterocycles. The van der Waals surface area contributed by atoms with Gasteiger partial charge < -0.3 is 5.32 Å². The Balaban J connectivity index is 3.04. The number of rotatable bonds is 2. The van der Waals surface area contributed by atoms with E-state index in [-0.39, 0.29) is 5.56 Å². The molecule has 0 atom stereocenters. The summed E-state index contributed by atoms with van der Waals surface area (Å²) in [7, 11) is 0. The summed E-state index contributed by atoms with van der Waals surface area (Å²) < 4.78 is 25.8. The molecule has 66 valence electrons. The highest BCUT2D eigenvalue weighted by Gasteiger charge is 2.05. The van der Waals surface area contributed by atoms with Crippen molar-refractivity contribution in [2.75, 3.05) is 11.9 Å². The highest BCUT2D eigenvalue weighted by Crippen LogP contribution is 2.17. The number of nitrogens with one attached hydrogen (secondary N) is 1. The maximum absolute atomic E-state index is 12.9. The maximum Gasteiger partial charge on any atom is 0.131 e. The summed E-state index contributed by atoms with van der Waals surface area (Å²) in [6.45, 7) is 3.94. The quantitative estimate of drug-likeness (QED) is 0.721. The van der Waals surface area contributed by atoms with Gasteiger partial charge in [-0.15, -0.1) is 0 Å². The normalized spacial score (nSPS) is 10.0. The summed E-state index contributed by atoms with van der Waals surface area (Å²) in [4.78, 5) is 0. The second-order valence-electron chi connectivity index (χ2n) is 2.60. The van der Waals surface area contributed by atoms with E-state index in [0.717, 1.165) is 0 Å². The van der Waals surface area contributed by atoms with Gasteiger partial charge in [-0.3, -0.25) is 0 Å². The molecule has 0 bridgehead atoms. The Morgan fingerprint density at radius 3 is 2.17 bits per heavy atom. The summed E-state index contributed by atoms with van der Waals surface area (Å²) in [6.07, 6.45) is 0. The van der Waals surface area contributed by atoms with Gasteiger partial charge in [0, 0.05) is 17.8 Å². The van der Waals surface area contributed by atoms with Crippen molar-refractivity contribution < 1.29 is 8.78 Å². The molecule has 1 aromatic rings. The number of hydrogen-bond donors (Lipinski definition) is 1. The van der Waals surface area contributed by atoms with Crippen LogP contribution in [0.25, 0.3) is 0 Å². The standard InChI is InChI=1S/C9H11F2N/c1-3-12-7-4-8(10)6(2)9(11)5-7/h4-5,12H,3H2,1-2H3. The van der Waals surface area contributed by atoms with Gasteiger partial charge in [0.1, 0.15) is 11.6 Å². The van der Waals surface area contributed by atoms with Crippen LogP contribution in [0.2, 0.25) is 0 Å². The molecule has 1 N–H and O–H groups in total. The predicted molar refractivity (Wildman–Crippen MR) is 45.3 cm³/mol. The number of hydrogen-bond acceptors (Lipinski definition) is 1. The minimum Gasteiger partial charge on any atom is -0.385 e. The Morgan fingerprint density at radius 2 is 1.75 bits per heavy atom. The fraction of sp³-hybridized carbons (Fsp3) is 0.333. The second kappa shape index (κ2) is 3.52. The molecule has 0 unspecified atom stereocenters. The topological polar surface area (TPSA) is 12.0 Å². The molecule has 0 amide bonds. The van der Waals surface area contributed by atoms with Crippen molar-refractivity contribution in [3.05, 3.63) is 29.3 Å². The van der Waals surface area contributed by atoms with Crippen LogP contribution in [0.1, 0.15) is 12.5 Å². The van der Waals surface area contributed by atoms with Crippen molar-refractivity contribution in [2.45, 2.75) is 13.8 Å². The average molecular weight is 171 g/mol. The Labute approximate surface area is 70.4 Å². The van der Waals surface area contributed by atoms with E-state index in [0.29, 0.717) is 12.2 Å². The maximum atomic E-state index is 12.9. The van der Waals surface area contributed by atoms with E-state index < -0.39 is 11.6 Å². The zero-order chi connectivity index (χ0) is 9.14. The molecular formula is C9H11F2N.